The zero-order valence-electron chi connectivity index (χ0n) is 11.1. The predicted molar refractivity (Wildman–Crippen MR) is 74.2 cm³/mol. The van der Waals surface area contributed by atoms with Crippen molar-refractivity contribution in [2.24, 2.45) is 0 Å². The lowest BCUT2D eigenvalue weighted by Gasteiger charge is -2.18. The molecule has 98 valence electrons. The van der Waals surface area contributed by atoms with Gasteiger partial charge in [0.05, 0.1) is 0 Å². The van der Waals surface area contributed by atoms with Gasteiger partial charge >= 0.3 is 0 Å². The van der Waals surface area contributed by atoms with Crippen LogP contribution in [0.25, 0.3) is 6.08 Å². The molecule has 18 heavy (non-hydrogen) atoms. The number of hydrogen-bond donors (Lipinski definition) is 1. The molecule has 1 N–H and O–H groups in total. The zero-order valence-corrected chi connectivity index (χ0v) is 11.1. The first-order chi connectivity index (χ1) is 8.69. The van der Waals surface area contributed by atoms with Gasteiger partial charge in [-0.15, -0.1) is 0 Å². The minimum absolute atomic E-state index is 0.00537. The van der Waals surface area contributed by atoms with Crippen molar-refractivity contribution in [2.45, 2.75) is 20.3 Å². The molecule has 0 aliphatic carbocycles. The summed E-state index contributed by atoms with van der Waals surface area (Å²) in [5, 5.41) is 8.78. The molecule has 0 atom stereocenters. The van der Waals surface area contributed by atoms with Gasteiger partial charge in [-0.2, -0.15) is 0 Å². The van der Waals surface area contributed by atoms with Crippen molar-refractivity contribution in [3.8, 4) is 0 Å². The van der Waals surface area contributed by atoms with E-state index in [1.807, 2.05) is 44.2 Å². The van der Waals surface area contributed by atoms with Crippen molar-refractivity contribution in [2.75, 3.05) is 19.7 Å². The highest BCUT2D eigenvalue weighted by Gasteiger charge is 2.07. The number of likely N-dealkylation sites (N-methyl/N-ethyl adjacent to an activating group) is 1. The average molecular weight is 247 g/mol. The van der Waals surface area contributed by atoms with E-state index in [0.29, 0.717) is 19.5 Å². The molecule has 0 aromatic heterocycles. The molecule has 3 nitrogen and oxygen atoms in total. The summed E-state index contributed by atoms with van der Waals surface area (Å²) in [6, 6.07) is 7.95. The van der Waals surface area contributed by atoms with Gasteiger partial charge in [0.25, 0.3) is 0 Å². The number of aryl methyl sites for hydroxylation is 1. The summed E-state index contributed by atoms with van der Waals surface area (Å²) in [6.07, 6.45) is 4.07. The molecule has 0 heterocycles. The predicted octanol–water partition coefficient (Wildman–Crippen LogP) is 2.24. The largest absolute Gasteiger partial charge is 0.396 e. The number of carbonyl (C=O) groups is 1. The van der Waals surface area contributed by atoms with E-state index in [-0.39, 0.29) is 12.5 Å². The molecular formula is C15H21NO2. The molecule has 0 saturated heterocycles. The minimum Gasteiger partial charge on any atom is -0.396 e. The topological polar surface area (TPSA) is 40.5 Å². The molecule has 0 saturated carbocycles. The fraction of sp³-hybridized carbons (Fsp3) is 0.400. The standard InChI is InChI=1S/C15H21NO2/c1-3-16(11-6-12-17)15(18)10-9-14-8-5-4-7-13(14)2/h4-5,7-10,17H,3,6,11-12H2,1-2H3/b10-9+. The Morgan fingerprint density at radius 2 is 2.11 bits per heavy atom. The Morgan fingerprint density at radius 3 is 2.72 bits per heavy atom. The summed E-state index contributed by atoms with van der Waals surface area (Å²) >= 11 is 0. The molecule has 3 heteroatoms. The number of benzene rings is 1. The maximum Gasteiger partial charge on any atom is 0.246 e. The number of aliphatic hydroxyl groups excluding tert-OH is 1. The molecule has 0 spiro atoms. The van der Waals surface area contributed by atoms with Crippen molar-refractivity contribution in [1.82, 2.24) is 4.90 Å². The molecule has 0 unspecified atom stereocenters. The maximum atomic E-state index is 11.9. The Labute approximate surface area is 109 Å². The van der Waals surface area contributed by atoms with E-state index in [1.54, 1.807) is 11.0 Å². The van der Waals surface area contributed by atoms with Crippen LogP contribution in [0.1, 0.15) is 24.5 Å². The summed E-state index contributed by atoms with van der Waals surface area (Å²) < 4.78 is 0. The highest BCUT2D eigenvalue weighted by Crippen LogP contribution is 2.09. The van der Waals surface area contributed by atoms with Crippen LogP contribution in [0.2, 0.25) is 0 Å². The van der Waals surface area contributed by atoms with Gasteiger partial charge in [0.1, 0.15) is 0 Å². The average Bonchev–Trinajstić information content (AvgIpc) is 2.38. The lowest BCUT2D eigenvalue weighted by Crippen LogP contribution is -2.30. The molecule has 0 bridgehead atoms. The first kappa shape index (κ1) is 14.5. The van der Waals surface area contributed by atoms with Crippen LogP contribution in [0.15, 0.2) is 30.3 Å². The highest BCUT2D eigenvalue weighted by atomic mass is 16.3. The van der Waals surface area contributed by atoms with Crippen LogP contribution in [0, 0.1) is 6.92 Å². The minimum atomic E-state index is -0.00537. The lowest BCUT2D eigenvalue weighted by molar-refractivity contribution is -0.125. The maximum absolute atomic E-state index is 11.9. The monoisotopic (exact) mass is 247 g/mol. The molecular weight excluding hydrogens is 226 g/mol. The van der Waals surface area contributed by atoms with E-state index >= 15 is 0 Å². The van der Waals surface area contributed by atoms with Crippen LogP contribution in [-0.4, -0.2) is 35.6 Å². The Morgan fingerprint density at radius 1 is 1.39 bits per heavy atom. The zero-order chi connectivity index (χ0) is 13.4. The van der Waals surface area contributed by atoms with Gasteiger partial charge in [-0.3, -0.25) is 4.79 Å². The van der Waals surface area contributed by atoms with Crippen LogP contribution in [-0.2, 0) is 4.79 Å². The Bertz CT molecular complexity index is 413. The van der Waals surface area contributed by atoms with Crippen LogP contribution in [0.3, 0.4) is 0 Å². The van der Waals surface area contributed by atoms with E-state index in [0.717, 1.165) is 11.1 Å². The Kier molecular flexibility index (Phi) is 6.15. The van der Waals surface area contributed by atoms with E-state index < -0.39 is 0 Å². The quantitative estimate of drug-likeness (QED) is 0.783. The third-order valence-electron chi connectivity index (χ3n) is 2.87. The SMILES string of the molecule is CCN(CCCO)C(=O)/C=C/c1ccccc1C. The summed E-state index contributed by atoms with van der Waals surface area (Å²) in [5.41, 5.74) is 2.21. The van der Waals surface area contributed by atoms with Crippen LogP contribution in [0.4, 0.5) is 0 Å². The van der Waals surface area contributed by atoms with Crippen LogP contribution < -0.4 is 0 Å². The van der Waals surface area contributed by atoms with Gasteiger partial charge in [-0.05, 0) is 37.5 Å². The fourth-order valence-electron chi connectivity index (χ4n) is 1.73. The number of aliphatic hydroxyl groups is 1. The second-order valence-electron chi connectivity index (χ2n) is 4.18. The van der Waals surface area contributed by atoms with Gasteiger partial charge in [-0.25, -0.2) is 0 Å². The number of nitrogens with zero attached hydrogens (tertiary/aromatic N) is 1. The molecule has 0 aliphatic heterocycles. The molecule has 0 radical (unpaired) electrons. The van der Waals surface area contributed by atoms with E-state index in [4.69, 9.17) is 5.11 Å². The molecule has 1 rings (SSSR count). The first-order valence-corrected chi connectivity index (χ1v) is 6.32. The van der Waals surface area contributed by atoms with Crippen LogP contribution in [0.5, 0.6) is 0 Å². The first-order valence-electron chi connectivity index (χ1n) is 6.32. The van der Waals surface area contributed by atoms with Gasteiger partial charge in [0.15, 0.2) is 0 Å². The summed E-state index contributed by atoms with van der Waals surface area (Å²) in [5.74, 6) is -0.00537. The number of carbonyl (C=O) groups excluding carboxylic acids is 1. The fourth-order valence-corrected chi connectivity index (χ4v) is 1.73. The van der Waals surface area contributed by atoms with Crippen LogP contribution >= 0.6 is 0 Å². The Balaban J connectivity index is 2.65. The lowest BCUT2D eigenvalue weighted by atomic mass is 10.1. The van der Waals surface area contributed by atoms with Gasteiger partial charge in [0, 0.05) is 25.8 Å². The molecule has 0 fully saturated rings. The molecule has 1 aromatic rings. The molecule has 0 aliphatic rings. The van der Waals surface area contributed by atoms with E-state index in [9.17, 15) is 4.79 Å². The second kappa shape index (κ2) is 7.67. The van der Waals surface area contributed by atoms with Gasteiger partial charge in [0.2, 0.25) is 5.91 Å². The van der Waals surface area contributed by atoms with Crippen molar-refractivity contribution < 1.29 is 9.90 Å². The molecule has 1 amide bonds. The summed E-state index contributed by atoms with van der Waals surface area (Å²) in [4.78, 5) is 13.6. The third-order valence-corrected chi connectivity index (χ3v) is 2.87. The third kappa shape index (κ3) is 4.34. The smallest absolute Gasteiger partial charge is 0.246 e. The number of amides is 1. The van der Waals surface area contributed by atoms with Crippen molar-refractivity contribution >= 4 is 12.0 Å². The van der Waals surface area contributed by atoms with Crippen molar-refractivity contribution in [3.63, 3.8) is 0 Å². The number of hydrogen-bond acceptors (Lipinski definition) is 2. The van der Waals surface area contributed by atoms with Crippen molar-refractivity contribution in [1.29, 1.82) is 0 Å². The van der Waals surface area contributed by atoms with E-state index in [1.165, 1.54) is 0 Å². The second-order valence-corrected chi connectivity index (χ2v) is 4.18. The molecule has 1 aromatic carbocycles. The number of rotatable bonds is 6. The summed E-state index contributed by atoms with van der Waals surface area (Å²) in [7, 11) is 0. The van der Waals surface area contributed by atoms with Gasteiger partial charge in [-0.1, -0.05) is 24.3 Å². The summed E-state index contributed by atoms with van der Waals surface area (Å²) in [6.45, 7) is 5.34. The van der Waals surface area contributed by atoms with E-state index in [2.05, 4.69) is 0 Å². The normalized spacial score (nSPS) is 10.8. The van der Waals surface area contributed by atoms with Crippen molar-refractivity contribution in [3.05, 3.63) is 41.5 Å². The Hall–Kier alpha value is -1.61. The van der Waals surface area contributed by atoms with Gasteiger partial charge < -0.3 is 10.0 Å². The highest BCUT2D eigenvalue weighted by molar-refractivity contribution is 5.91.